The van der Waals surface area contributed by atoms with Crippen molar-refractivity contribution >= 4 is 29.4 Å². The van der Waals surface area contributed by atoms with Crippen molar-refractivity contribution in [1.29, 1.82) is 0 Å². The van der Waals surface area contributed by atoms with Crippen LogP contribution >= 0.6 is 11.6 Å². The maximum atomic E-state index is 11.5. The molecule has 0 saturated carbocycles. The smallest absolute Gasteiger partial charge is 0.277 e. The first-order chi connectivity index (χ1) is 8.56. The third-order valence-electron chi connectivity index (χ3n) is 2.72. The molecule has 1 aromatic rings. The largest absolute Gasteiger partial charge is 0.328 e. The van der Waals surface area contributed by atoms with Gasteiger partial charge in [-0.15, -0.1) is 0 Å². The fraction of sp³-hybridized carbons (Fsp3) is 0.250. The van der Waals surface area contributed by atoms with Gasteiger partial charge in [-0.2, -0.15) is 0 Å². The topological polar surface area (TPSA) is 75.3 Å². The highest BCUT2D eigenvalue weighted by atomic mass is 35.5. The van der Waals surface area contributed by atoms with Crippen molar-refractivity contribution in [2.24, 2.45) is 5.92 Å². The number of aryl methyl sites for hydroxylation is 1. The first kappa shape index (κ1) is 12.6. The number of hydrogen-bond acceptors (Lipinski definition) is 3. The van der Waals surface area contributed by atoms with Gasteiger partial charge in [0.05, 0.1) is 0 Å². The minimum Gasteiger partial charge on any atom is -0.277 e. The van der Waals surface area contributed by atoms with Gasteiger partial charge < -0.3 is 0 Å². The minimum absolute atomic E-state index is 0.339. The molecule has 1 aliphatic rings. The molecule has 2 rings (SSSR count). The molecule has 0 aromatic heterocycles. The van der Waals surface area contributed by atoms with E-state index in [0.717, 1.165) is 5.56 Å². The Kier molecular flexibility index (Phi) is 3.62. The summed E-state index contributed by atoms with van der Waals surface area (Å²) in [7, 11) is 0. The molecule has 0 radical (unpaired) electrons. The lowest BCUT2D eigenvalue weighted by molar-refractivity contribution is -0.136. The Morgan fingerprint density at radius 2 is 1.78 bits per heavy atom. The van der Waals surface area contributed by atoms with Gasteiger partial charge in [0.2, 0.25) is 11.8 Å². The van der Waals surface area contributed by atoms with Gasteiger partial charge >= 0.3 is 6.03 Å². The summed E-state index contributed by atoms with van der Waals surface area (Å²) in [6.45, 7) is 0. The zero-order valence-corrected chi connectivity index (χ0v) is 10.2. The van der Waals surface area contributed by atoms with Crippen LogP contribution in [0, 0.1) is 5.92 Å². The van der Waals surface area contributed by atoms with Gasteiger partial charge in [0.1, 0.15) is 5.92 Å². The normalized spacial score (nSPS) is 16.4. The van der Waals surface area contributed by atoms with Crippen LogP contribution in [0.3, 0.4) is 0 Å². The molecule has 18 heavy (non-hydrogen) atoms. The number of hydrogen-bond donors (Lipinski definition) is 2. The van der Waals surface area contributed by atoms with E-state index in [0.29, 0.717) is 17.9 Å². The van der Waals surface area contributed by atoms with E-state index < -0.39 is 23.8 Å². The second kappa shape index (κ2) is 5.18. The zero-order valence-electron chi connectivity index (χ0n) is 9.40. The molecule has 6 heteroatoms. The van der Waals surface area contributed by atoms with Crippen LogP contribution in [0.25, 0.3) is 0 Å². The quantitative estimate of drug-likeness (QED) is 0.809. The molecule has 4 amide bonds. The third kappa shape index (κ3) is 2.87. The molecule has 94 valence electrons. The van der Waals surface area contributed by atoms with Gasteiger partial charge in [-0.25, -0.2) is 4.79 Å². The number of rotatable bonds is 3. The lowest BCUT2D eigenvalue weighted by atomic mass is 9.97. The lowest BCUT2D eigenvalue weighted by Gasteiger charge is -2.20. The van der Waals surface area contributed by atoms with E-state index in [4.69, 9.17) is 11.6 Å². The van der Waals surface area contributed by atoms with Gasteiger partial charge in [0.15, 0.2) is 0 Å². The van der Waals surface area contributed by atoms with Crippen molar-refractivity contribution in [1.82, 2.24) is 10.6 Å². The Morgan fingerprint density at radius 3 is 2.39 bits per heavy atom. The summed E-state index contributed by atoms with van der Waals surface area (Å²) in [5.41, 5.74) is 0.944. The van der Waals surface area contributed by atoms with Crippen molar-refractivity contribution in [2.45, 2.75) is 12.8 Å². The number of benzene rings is 1. The van der Waals surface area contributed by atoms with Crippen LogP contribution in [0.15, 0.2) is 24.3 Å². The van der Waals surface area contributed by atoms with Crippen LogP contribution in [0.2, 0.25) is 5.02 Å². The monoisotopic (exact) mass is 266 g/mol. The summed E-state index contributed by atoms with van der Waals surface area (Å²) in [6, 6.07) is 6.46. The van der Waals surface area contributed by atoms with E-state index in [9.17, 15) is 14.4 Å². The van der Waals surface area contributed by atoms with E-state index in [1.807, 2.05) is 12.1 Å². The third-order valence-corrected chi connectivity index (χ3v) is 2.95. The van der Waals surface area contributed by atoms with Crippen molar-refractivity contribution in [2.75, 3.05) is 0 Å². The molecule has 1 saturated heterocycles. The minimum atomic E-state index is -0.832. The number of halogens is 1. The van der Waals surface area contributed by atoms with Crippen LogP contribution in [0.1, 0.15) is 12.0 Å². The highest BCUT2D eigenvalue weighted by molar-refractivity contribution is 6.30. The van der Waals surface area contributed by atoms with Gasteiger partial charge in [-0.1, -0.05) is 23.7 Å². The molecule has 5 nitrogen and oxygen atoms in total. The Bertz CT molecular complexity index is 496. The molecular formula is C12H11ClN2O3. The summed E-state index contributed by atoms with van der Waals surface area (Å²) < 4.78 is 0. The average Bonchev–Trinajstić information content (AvgIpc) is 2.27. The van der Waals surface area contributed by atoms with Crippen molar-refractivity contribution in [3.8, 4) is 0 Å². The molecule has 1 aliphatic heterocycles. The van der Waals surface area contributed by atoms with E-state index in [1.165, 1.54) is 0 Å². The summed E-state index contributed by atoms with van der Waals surface area (Å²) in [5.74, 6) is -1.93. The molecule has 1 fully saturated rings. The summed E-state index contributed by atoms with van der Waals surface area (Å²) in [6.07, 6.45) is 0.881. The van der Waals surface area contributed by atoms with E-state index in [2.05, 4.69) is 10.6 Å². The second-order valence-electron chi connectivity index (χ2n) is 4.03. The Hall–Kier alpha value is -1.88. The van der Waals surface area contributed by atoms with Crippen molar-refractivity contribution in [3.63, 3.8) is 0 Å². The fourth-order valence-corrected chi connectivity index (χ4v) is 2.03. The maximum Gasteiger partial charge on any atom is 0.328 e. The predicted molar refractivity (Wildman–Crippen MR) is 64.9 cm³/mol. The highest BCUT2D eigenvalue weighted by Gasteiger charge is 2.33. The molecule has 1 aromatic carbocycles. The van der Waals surface area contributed by atoms with Gasteiger partial charge in [0.25, 0.3) is 0 Å². The Balaban J connectivity index is 1.99. The first-order valence-electron chi connectivity index (χ1n) is 5.46. The number of imide groups is 2. The number of nitrogens with one attached hydrogen (secondary N) is 2. The average molecular weight is 267 g/mol. The molecule has 0 unspecified atom stereocenters. The Labute approximate surface area is 109 Å². The molecule has 0 atom stereocenters. The van der Waals surface area contributed by atoms with Crippen LogP contribution in [-0.4, -0.2) is 17.8 Å². The summed E-state index contributed by atoms with van der Waals surface area (Å²) in [5, 5.41) is 4.75. The van der Waals surface area contributed by atoms with E-state index >= 15 is 0 Å². The SMILES string of the molecule is O=C1NC(=O)C(CCc2cccc(Cl)c2)C(=O)N1. The molecule has 0 bridgehead atoms. The molecule has 2 N–H and O–H groups in total. The maximum absolute atomic E-state index is 11.5. The fourth-order valence-electron chi connectivity index (χ4n) is 1.81. The van der Waals surface area contributed by atoms with Crippen LogP contribution in [0.4, 0.5) is 4.79 Å². The summed E-state index contributed by atoms with van der Waals surface area (Å²) in [4.78, 5) is 33.8. The molecular weight excluding hydrogens is 256 g/mol. The van der Waals surface area contributed by atoms with Gasteiger partial charge in [0, 0.05) is 5.02 Å². The number of carbonyl (C=O) groups is 3. The van der Waals surface area contributed by atoms with Crippen LogP contribution in [0.5, 0.6) is 0 Å². The zero-order chi connectivity index (χ0) is 13.1. The number of barbiturate groups is 1. The van der Waals surface area contributed by atoms with Crippen LogP contribution in [-0.2, 0) is 16.0 Å². The lowest BCUT2D eigenvalue weighted by Crippen LogP contribution is -2.55. The molecule has 1 heterocycles. The molecule has 0 spiro atoms. The standard InChI is InChI=1S/C12H11ClN2O3/c13-8-3-1-2-7(6-8)4-5-9-10(16)14-12(18)15-11(9)17/h1-3,6,9H,4-5H2,(H2,14,15,16,17,18). The van der Waals surface area contributed by atoms with E-state index in [-0.39, 0.29) is 0 Å². The Morgan fingerprint density at radius 1 is 1.11 bits per heavy atom. The number of carbonyl (C=O) groups excluding carboxylic acids is 3. The molecule has 0 aliphatic carbocycles. The van der Waals surface area contributed by atoms with Crippen molar-refractivity contribution < 1.29 is 14.4 Å². The van der Waals surface area contributed by atoms with Crippen LogP contribution < -0.4 is 10.6 Å². The van der Waals surface area contributed by atoms with Gasteiger partial charge in [-0.3, -0.25) is 20.2 Å². The number of urea groups is 1. The van der Waals surface area contributed by atoms with Gasteiger partial charge in [-0.05, 0) is 30.5 Å². The predicted octanol–water partition coefficient (Wildman–Crippen LogP) is 1.25. The number of amides is 4. The second-order valence-corrected chi connectivity index (χ2v) is 4.47. The van der Waals surface area contributed by atoms with Crippen molar-refractivity contribution in [3.05, 3.63) is 34.9 Å². The first-order valence-corrected chi connectivity index (χ1v) is 5.84. The highest BCUT2D eigenvalue weighted by Crippen LogP contribution is 2.16. The summed E-state index contributed by atoms with van der Waals surface area (Å²) >= 11 is 5.84. The van der Waals surface area contributed by atoms with E-state index in [1.54, 1.807) is 12.1 Å².